The first-order valence-electron chi connectivity index (χ1n) is 7.28. The Balaban J connectivity index is 1.84. The Morgan fingerprint density at radius 2 is 2.19 bits per heavy atom. The van der Waals surface area contributed by atoms with Gasteiger partial charge in [0.25, 0.3) is 0 Å². The van der Waals surface area contributed by atoms with Crippen LogP contribution >= 0.6 is 0 Å². The van der Waals surface area contributed by atoms with Crippen molar-refractivity contribution in [2.45, 2.75) is 33.7 Å². The average molecular weight is 290 g/mol. The zero-order chi connectivity index (χ0) is 15.4. The number of aromatic nitrogens is 2. The maximum atomic E-state index is 12.1. The number of aryl methyl sites for hydroxylation is 1. The summed E-state index contributed by atoms with van der Waals surface area (Å²) in [5, 5.41) is 2.83. The van der Waals surface area contributed by atoms with Crippen LogP contribution in [0.4, 0.5) is 0 Å². The van der Waals surface area contributed by atoms with Crippen molar-refractivity contribution < 1.29 is 9.59 Å². The van der Waals surface area contributed by atoms with Gasteiger partial charge in [0.05, 0.1) is 30.0 Å². The van der Waals surface area contributed by atoms with Crippen molar-refractivity contribution in [3.8, 4) is 0 Å². The van der Waals surface area contributed by atoms with Crippen molar-refractivity contribution in [3.63, 3.8) is 0 Å². The molecule has 0 bridgehead atoms. The summed E-state index contributed by atoms with van der Waals surface area (Å²) in [5.41, 5.74) is 1.56. The molecule has 1 aromatic heterocycles. The number of amides is 2. The molecule has 0 aromatic carbocycles. The van der Waals surface area contributed by atoms with Crippen LogP contribution in [0.25, 0.3) is 0 Å². The molecule has 0 aliphatic carbocycles. The van der Waals surface area contributed by atoms with Crippen LogP contribution in [0, 0.1) is 18.8 Å². The molecule has 6 nitrogen and oxygen atoms in total. The van der Waals surface area contributed by atoms with Crippen LogP contribution in [0.5, 0.6) is 0 Å². The highest BCUT2D eigenvalue weighted by Gasteiger charge is 2.34. The lowest BCUT2D eigenvalue weighted by atomic mass is 10.1. The molecule has 1 aliphatic heterocycles. The molecule has 1 saturated heterocycles. The van der Waals surface area contributed by atoms with E-state index < -0.39 is 0 Å². The number of carbonyl (C=O) groups is 2. The molecule has 21 heavy (non-hydrogen) atoms. The number of rotatable bonds is 5. The summed E-state index contributed by atoms with van der Waals surface area (Å²) in [4.78, 5) is 34.1. The van der Waals surface area contributed by atoms with Gasteiger partial charge in [-0.25, -0.2) is 0 Å². The van der Waals surface area contributed by atoms with Crippen molar-refractivity contribution in [1.82, 2.24) is 20.2 Å². The van der Waals surface area contributed by atoms with Gasteiger partial charge in [0.2, 0.25) is 11.8 Å². The highest BCUT2D eigenvalue weighted by atomic mass is 16.2. The Morgan fingerprint density at radius 3 is 2.81 bits per heavy atom. The van der Waals surface area contributed by atoms with Gasteiger partial charge in [-0.15, -0.1) is 0 Å². The molecule has 2 rings (SSSR count). The molecule has 1 aliphatic rings. The topological polar surface area (TPSA) is 75.2 Å². The number of nitrogens with one attached hydrogen (secondary N) is 1. The fraction of sp³-hybridized carbons (Fsp3) is 0.600. The lowest BCUT2D eigenvalue weighted by molar-refractivity contribution is -0.129. The van der Waals surface area contributed by atoms with E-state index in [2.05, 4.69) is 29.1 Å². The van der Waals surface area contributed by atoms with E-state index in [0.29, 0.717) is 32.0 Å². The second kappa shape index (κ2) is 6.65. The van der Waals surface area contributed by atoms with Crippen molar-refractivity contribution in [2.24, 2.45) is 11.8 Å². The summed E-state index contributed by atoms with van der Waals surface area (Å²) >= 11 is 0. The Labute approximate surface area is 125 Å². The number of likely N-dealkylation sites (tertiary alicyclic amines) is 1. The summed E-state index contributed by atoms with van der Waals surface area (Å²) in [5.74, 6) is 0.143. The van der Waals surface area contributed by atoms with Crippen molar-refractivity contribution >= 4 is 11.8 Å². The maximum absolute atomic E-state index is 12.1. The second-order valence-corrected chi connectivity index (χ2v) is 5.96. The summed E-state index contributed by atoms with van der Waals surface area (Å²) in [7, 11) is 0. The molecular formula is C15H22N4O2. The zero-order valence-corrected chi connectivity index (χ0v) is 12.8. The predicted octanol–water partition coefficient (Wildman–Crippen LogP) is 0.906. The van der Waals surface area contributed by atoms with Gasteiger partial charge in [0.1, 0.15) is 0 Å². The largest absolute Gasteiger partial charge is 0.350 e. The van der Waals surface area contributed by atoms with Gasteiger partial charge in [-0.1, -0.05) is 13.8 Å². The van der Waals surface area contributed by atoms with Crippen molar-refractivity contribution in [3.05, 3.63) is 23.8 Å². The van der Waals surface area contributed by atoms with Gasteiger partial charge in [0, 0.05) is 25.7 Å². The SMILES string of the molecule is Cc1cnc(CNC(=O)[C@@H]2CC(=O)N(CC(C)C)C2)cn1. The third-order valence-corrected chi connectivity index (χ3v) is 3.45. The van der Waals surface area contributed by atoms with E-state index in [1.54, 1.807) is 17.3 Å². The maximum Gasteiger partial charge on any atom is 0.225 e. The van der Waals surface area contributed by atoms with E-state index >= 15 is 0 Å². The lowest BCUT2D eigenvalue weighted by Gasteiger charge is -2.18. The van der Waals surface area contributed by atoms with Gasteiger partial charge in [0.15, 0.2) is 0 Å². The summed E-state index contributed by atoms with van der Waals surface area (Å²) in [6.07, 6.45) is 3.63. The van der Waals surface area contributed by atoms with Gasteiger partial charge in [-0.05, 0) is 12.8 Å². The summed E-state index contributed by atoms with van der Waals surface area (Å²) in [6, 6.07) is 0. The second-order valence-electron chi connectivity index (χ2n) is 5.96. The number of hydrogen-bond acceptors (Lipinski definition) is 4. The minimum absolute atomic E-state index is 0.0685. The normalized spacial score (nSPS) is 18.4. The third kappa shape index (κ3) is 4.24. The van der Waals surface area contributed by atoms with Gasteiger partial charge >= 0.3 is 0 Å². The average Bonchev–Trinajstić information content (AvgIpc) is 2.78. The minimum atomic E-state index is -0.255. The highest BCUT2D eigenvalue weighted by Crippen LogP contribution is 2.19. The molecule has 1 fully saturated rings. The first-order chi connectivity index (χ1) is 9.95. The van der Waals surface area contributed by atoms with E-state index in [1.807, 2.05) is 6.92 Å². The van der Waals surface area contributed by atoms with Crippen LogP contribution in [-0.2, 0) is 16.1 Å². The molecule has 2 heterocycles. The molecule has 1 N–H and O–H groups in total. The molecule has 0 radical (unpaired) electrons. The van der Waals surface area contributed by atoms with Crippen molar-refractivity contribution in [1.29, 1.82) is 0 Å². The first-order valence-corrected chi connectivity index (χ1v) is 7.28. The van der Waals surface area contributed by atoms with Crippen LogP contribution in [0.2, 0.25) is 0 Å². The number of nitrogens with zero attached hydrogens (tertiary/aromatic N) is 3. The lowest BCUT2D eigenvalue weighted by Crippen LogP contribution is -2.34. The standard InChI is InChI=1S/C15H22N4O2/c1-10(2)8-19-9-12(4-14(19)20)15(21)18-7-13-6-16-11(3)5-17-13/h5-6,10,12H,4,7-9H2,1-3H3,(H,18,21)/t12-/m1/s1. The van der Waals surface area contributed by atoms with Crippen molar-refractivity contribution in [2.75, 3.05) is 13.1 Å². The Morgan fingerprint density at radius 1 is 1.43 bits per heavy atom. The molecule has 0 spiro atoms. The Hall–Kier alpha value is -1.98. The zero-order valence-electron chi connectivity index (χ0n) is 12.8. The van der Waals surface area contributed by atoms with Crippen LogP contribution < -0.4 is 5.32 Å². The van der Waals surface area contributed by atoms with Crippen LogP contribution in [0.15, 0.2) is 12.4 Å². The van der Waals surface area contributed by atoms with Gasteiger partial charge in [-0.3, -0.25) is 19.6 Å². The molecule has 6 heteroatoms. The predicted molar refractivity (Wildman–Crippen MR) is 78.1 cm³/mol. The van der Waals surface area contributed by atoms with E-state index in [4.69, 9.17) is 0 Å². The van der Waals surface area contributed by atoms with Crippen LogP contribution in [0.3, 0.4) is 0 Å². The fourth-order valence-electron chi connectivity index (χ4n) is 2.40. The minimum Gasteiger partial charge on any atom is -0.350 e. The summed E-state index contributed by atoms with van der Waals surface area (Å²) < 4.78 is 0. The highest BCUT2D eigenvalue weighted by molar-refractivity contribution is 5.89. The summed E-state index contributed by atoms with van der Waals surface area (Å²) in [6.45, 7) is 7.58. The fourth-order valence-corrected chi connectivity index (χ4v) is 2.40. The molecular weight excluding hydrogens is 268 g/mol. The van der Waals surface area contributed by atoms with E-state index in [1.165, 1.54) is 0 Å². The number of hydrogen-bond donors (Lipinski definition) is 1. The first kappa shape index (κ1) is 15.4. The molecule has 1 atom stereocenters. The third-order valence-electron chi connectivity index (χ3n) is 3.45. The Kier molecular flexibility index (Phi) is 4.88. The van der Waals surface area contributed by atoms with Crippen LogP contribution in [-0.4, -0.2) is 39.8 Å². The number of carbonyl (C=O) groups excluding carboxylic acids is 2. The molecule has 0 unspecified atom stereocenters. The molecule has 0 saturated carbocycles. The van der Waals surface area contributed by atoms with Gasteiger partial charge < -0.3 is 10.2 Å². The van der Waals surface area contributed by atoms with Crippen LogP contribution in [0.1, 0.15) is 31.7 Å². The van der Waals surface area contributed by atoms with Gasteiger partial charge in [-0.2, -0.15) is 0 Å². The van der Waals surface area contributed by atoms with E-state index in [9.17, 15) is 9.59 Å². The van der Waals surface area contributed by atoms with E-state index in [0.717, 1.165) is 11.4 Å². The van der Waals surface area contributed by atoms with E-state index in [-0.39, 0.29) is 17.7 Å². The molecule has 2 amide bonds. The smallest absolute Gasteiger partial charge is 0.225 e. The quantitative estimate of drug-likeness (QED) is 0.874. The monoisotopic (exact) mass is 290 g/mol. The Bertz CT molecular complexity index is 513. The molecule has 1 aromatic rings. The molecule has 114 valence electrons.